The monoisotopic (exact) mass is 358 g/mol. The van der Waals surface area contributed by atoms with Crippen LogP contribution in [0.25, 0.3) is 0 Å². The molecule has 0 radical (unpaired) electrons. The minimum Gasteiger partial charge on any atom is -0.396 e. The first-order chi connectivity index (χ1) is 12.3. The molecular formula is C23H34O3. The lowest BCUT2D eigenvalue weighted by Crippen LogP contribution is -2.55. The average Bonchev–Trinajstić information content (AvgIpc) is 2.97. The van der Waals surface area contributed by atoms with Crippen LogP contribution in [0.15, 0.2) is 23.8 Å². The number of hydrogen-bond acceptors (Lipinski definition) is 3. The van der Waals surface area contributed by atoms with Gasteiger partial charge in [-0.25, -0.2) is 0 Å². The van der Waals surface area contributed by atoms with Gasteiger partial charge in [-0.3, -0.25) is 4.79 Å². The Balaban J connectivity index is 1.73. The molecule has 0 aromatic carbocycles. The van der Waals surface area contributed by atoms with Crippen molar-refractivity contribution in [3.05, 3.63) is 23.8 Å². The minimum atomic E-state index is -0.0771. The molecule has 4 rings (SSSR count). The molecule has 0 heterocycles. The van der Waals surface area contributed by atoms with Gasteiger partial charge in [0.05, 0.1) is 0 Å². The summed E-state index contributed by atoms with van der Waals surface area (Å²) >= 11 is 0. The van der Waals surface area contributed by atoms with Gasteiger partial charge in [0.15, 0.2) is 5.78 Å². The molecule has 3 nitrogen and oxygen atoms in total. The van der Waals surface area contributed by atoms with E-state index in [-0.39, 0.29) is 35.7 Å². The standard InChI is InChI=1S/C23H34O3/c1-14(12-24)19-6-7-20-18-5-4-16-10-17(26)8-9-22(16,2)21(18)15(13-25)11-23(19,20)3/h8-10,14-15,18-21,24-25H,4-7,11-13H2,1-3H3/t14?,15-,18+,19-,20+,21+,22+,23-/m1/s1. The van der Waals surface area contributed by atoms with Crippen molar-refractivity contribution in [3.63, 3.8) is 0 Å². The van der Waals surface area contributed by atoms with E-state index in [0.29, 0.717) is 29.6 Å². The first kappa shape index (κ1) is 18.4. The highest BCUT2D eigenvalue weighted by molar-refractivity contribution is 6.01. The number of fused-ring (bicyclic) bond motifs is 5. The van der Waals surface area contributed by atoms with Crippen molar-refractivity contribution in [2.24, 2.45) is 46.3 Å². The molecule has 0 bridgehead atoms. The van der Waals surface area contributed by atoms with Crippen LogP contribution in [0.3, 0.4) is 0 Å². The molecule has 26 heavy (non-hydrogen) atoms. The summed E-state index contributed by atoms with van der Waals surface area (Å²) in [6, 6.07) is 0. The van der Waals surface area contributed by atoms with Gasteiger partial charge >= 0.3 is 0 Å². The van der Waals surface area contributed by atoms with Crippen LogP contribution in [0.1, 0.15) is 52.9 Å². The second kappa shape index (κ2) is 6.31. The van der Waals surface area contributed by atoms with Crippen LogP contribution < -0.4 is 0 Å². The van der Waals surface area contributed by atoms with Gasteiger partial charge < -0.3 is 10.2 Å². The molecule has 3 fully saturated rings. The van der Waals surface area contributed by atoms with Crippen LogP contribution in [0.2, 0.25) is 0 Å². The Morgan fingerprint density at radius 1 is 1.23 bits per heavy atom. The summed E-state index contributed by atoms with van der Waals surface area (Å²) < 4.78 is 0. The predicted octanol–water partition coefficient (Wildman–Crippen LogP) is 3.76. The molecule has 4 aliphatic rings. The third-order valence-corrected chi connectivity index (χ3v) is 8.92. The number of allylic oxidation sites excluding steroid dienone is 4. The van der Waals surface area contributed by atoms with Gasteiger partial charge in [0.25, 0.3) is 0 Å². The van der Waals surface area contributed by atoms with Crippen LogP contribution in [0.5, 0.6) is 0 Å². The van der Waals surface area contributed by atoms with Gasteiger partial charge in [-0.15, -0.1) is 0 Å². The third-order valence-electron chi connectivity index (χ3n) is 8.92. The van der Waals surface area contributed by atoms with Crippen molar-refractivity contribution >= 4 is 5.78 Å². The molecule has 1 unspecified atom stereocenters. The van der Waals surface area contributed by atoms with E-state index in [0.717, 1.165) is 19.3 Å². The number of aliphatic hydroxyl groups excluding tert-OH is 2. The van der Waals surface area contributed by atoms with Gasteiger partial charge in [-0.05, 0) is 85.2 Å². The van der Waals surface area contributed by atoms with E-state index < -0.39 is 0 Å². The summed E-state index contributed by atoms with van der Waals surface area (Å²) in [5, 5.41) is 20.1. The van der Waals surface area contributed by atoms with E-state index in [1.54, 1.807) is 6.08 Å². The van der Waals surface area contributed by atoms with Gasteiger partial charge in [0.2, 0.25) is 0 Å². The van der Waals surface area contributed by atoms with E-state index in [1.807, 2.05) is 6.08 Å². The van der Waals surface area contributed by atoms with Crippen molar-refractivity contribution in [1.29, 1.82) is 0 Å². The average molecular weight is 359 g/mol. The molecule has 0 saturated heterocycles. The Bertz CT molecular complexity index is 650. The highest BCUT2D eigenvalue weighted by atomic mass is 16.3. The second-order valence-corrected chi connectivity index (χ2v) is 10.0. The molecule has 0 aromatic rings. The van der Waals surface area contributed by atoms with Gasteiger partial charge in [0.1, 0.15) is 0 Å². The summed E-state index contributed by atoms with van der Waals surface area (Å²) in [6.07, 6.45) is 11.4. The van der Waals surface area contributed by atoms with E-state index >= 15 is 0 Å². The summed E-state index contributed by atoms with van der Waals surface area (Å²) in [5.74, 6) is 3.01. The molecule has 2 N–H and O–H groups in total. The second-order valence-electron chi connectivity index (χ2n) is 10.0. The summed E-state index contributed by atoms with van der Waals surface area (Å²) in [7, 11) is 0. The van der Waals surface area contributed by atoms with E-state index in [9.17, 15) is 15.0 Å². The number of rotatable bonds is 3. The van der Waals surface area contributed by atoms with Crippen molar-refractivity contribution in [2.75, 3.05) is 13.2 Å². The first-order valence-corrected chi connectivity index (χ1v) is 10.5. The van der Waals surface area contributed by atoms with E-state index in [1.165, 1.54) is 18.4 Å². The maximum atomic E-state index is 11.9. The van der Waals surface area contributed by atoms with Crippen molar-refractivity contribution in [3.8, 4) is 0 Å². The quantitative estimate of drug-likeness (QED) is 0.808. The topological polar surface area (TPSA) is 57.5 Å². The summed E-state index contributed by atoms with van der Waals surface area (Å²) in [6.45, 7) is 7.42. The molecule has 8 atom stereocenters. The molecule has 0 aliphatic heterocycles. The normalized spacial score (nSPS) is 48.4. The van der Waals surface area contributed by atoms with Crippen molar-refractivity contribution in [1.82, 2.24) is 0 Å². The molecule has 0 spiro atoms. The van der Waals surface area contributed by atoms with Crippen LogP contribution in [-0.2, 0) is 4.79 Å². The fraction of sp³-hybridized carbons (Fsp3) is 0.783. The molecule has 3 saturated carbocycles. The zero-order valence-corrected chi connectivity index (χ0v) is 16.4. The Labute approximate surface area is 157 Å². The highest BCUT2D eigenvalue weighted by Gasteiger charge is 2.61. The summed E-state index contributed by atoms with van der Waals surface area (Å²) in [4.78, 5) is 11.9. The van der Waals surface area contributed by atoms with Gasteiger partial charge in [-0.2, -0.15) is 0 Å². The maximum absolute atomic E-state index is 11.9. The Hall–Kier alpha value is -0.930. The predicted molar refractivity (Wildman–Crippen MR) is 102 cm³/mol. The number of hydrogen-bond donors (Lipinski definition) is 2. The fourth-order valence-corrected chi connectivity index (χ4v) is 7.87. The van der Waals surface area contributed by atoms with Gasteiger partial charge in [-0.1, -0.05) is 32.4 Å². The first-order valence-electron chi connectivity index (χ1n) is 10.5. The SMILES string of the molecule is CC(CO)[C@H]1CC[C@H]2[C@@H]3CCC4=CC(=O)C=C[C@]4(C)[C@H]3[C@@H](CO)C[C@]12C. The zero-order valence-electron chi connectivity index (χ0n) is 16.4. The zero-order chi connectivity index (χ0) is 18.7. The minimum absolute atomic E-state index is 0.0771. The lowest BCUT2D eigenvalue weighted by molar-refractivity contribution is -0.112. The van der Waals surface area contributed by atoms with Crippen LogP contribution in [-0.4, -0.2) is 29.2 Å². The van der Waals surface area contributed by atoms with Crippen molar-refractivity contribution < 1.29 is 15.0 Å². The van der Waals surface area contributed by atoms with Gasteiger partial charge in [0, 0.05) is 18.6 Å². The third kappa shape index (κ3) is 2.43. The smallest absolute Gasteiger partial charge is 0.178 e. The summed E-state index contributed by atoms with van der Waals surface area (Å²) in [5.41, 5.74) is 1.43. The molecule has 0 amide bonds. The maximum Gasteiger partial charge on any atom is 0.178 e. The number of ketones is 1. The Kier molecular flexibility index (Phi) is 4.47. The van der Waals surface area contributed by atoms with Crippen LogP contribution >= 0.6 is 0 Å². The van der Waals surface area contributed by atoms with E-state index in [2.05, 4.69) is 26.8 Å². The number of carbonyl (C=O) groups excluding carboxylic acids is 1. The molecular weight excluding hydrogens is 324 g/mol. The van der Waals surface area contributed by atoms with Crippen LogP contribution in [0, 0.1) is 46.3 Å². The fourth-order valence-electron chi connectivity index (χ4n) is 7.87. The highest BCUT2D eigenvalue weighted by Crippen LogP contribution is 2.68. The Morgan fingerprint density at radius 3 is 2.69 bits per heavy atom. The van der Waals surface area contributed by atoms with Crippen molar-refractivity contribution in [2.45, 2.75) is 52.9 Å². The molecule has 0 aromatic heterocycles. The molecule has 3 heteroatoms. The largest absolute Gasteiger partial charge is 0.396 e. The number of aliphatic hydroxyl groups is 2. The van der Waals surface area contributed by atoms with E-state index in [4.69, 9.17) is 0 Å². The number of carbonyl (C=O) groups is 1. The molecule has 144 valence electrons. The lowest BCUT2D eigenvalue weighted by Gasteiger charge is -2.60. The molecule has 4 aliphatic carbocycles. The Morgan fingerprint density at radius 2 is 2.00 bits per heavy atom. The lowest BCUT2D eigenvalue weighted by atomic mass is 9.44. The van der Waals surface area contributed by atoms with Crippen LogP contribution in [0.4, 0.5) is 0 Å².